The first kappa shape index (κ1) is 15.1. The van der Waals surface area contributed by atoms with Crippen molar-refractivity contribution in [1.29, 1.82) is 0 Å². The molecule has 1 N–H and O–H groups in total. The van der Waals surface area contributed by atoms with Crippen molar-refractivity contribution in [2.45, 2.75) is 25.3 Å². The maximum absolute atomic E-state index is 13.0. The molecule has 1 fully saturated rings. The topological polar surface area (TPSA) is 66.5 Å². The summed E-state index contributed by atoms with van der Waals surface area (Å²) in [5.74, 6) is -0.529. The lowest BCUT2D eigenvalue weighted by molar-refractivity contribution is -0.131. The van der Waals surface area contributed by atoms with Gasteiger partial charge in [0.1, 0.15) is 5.54 Å². The predicted molar refractivity (Wildman–Crippen MR) is 90.1 cm³/mol. The lowest BCUT2D eigenvalue weighted by Crippen LogP contribution is -2.42. The summed E-state index contributed by atoms with van der Waals surface area (Å²) in [4.78, 5) is 40.4. The molecular weight excluding hydrogens is 324 g/mol. The van der Waals surface area contributed by atoms with Gasteiger partial charge in [0, 0.05) is 4.88 Å². The maximum atomic E-state index is 13.0. The minimum Gasteiger partial charge on any atom is -0.319 e. The third-order valence-corrected chi connectivity index (χ3v) is 5.78. The van der Waals surface area contributed by atoms with Crippen LogP contribution in [-0.2, 0) is 16.8 Å². The van der Waals surface area contributed by atoms with E-state index in [4.69, 9.17) is 0 Å². The molecule has 2 heterocycles. The predicted octanol–water partition coefficient (Wildman–Crippen LogP) is 2.63. The number of Topliss-reactive ketones (excluding diaryl/α,β-unsaturated/α-hetero) is 1. The number of carbonyl (C=O) groups is 3. The Morgan fingerprint density at radius 1 is 1.25 bits per heavy atom. The molecule has 1 aromatic carbocycles. The molecule has 3 amide bonds. The Kier molecular flexibility index (Phi) is 3.31. The fraction of sp³-hybridized carbons (Fsp3) is 0.278. The molecule has 122 valence electrons. The van der Waals surface area contributed by atoms with Gasteiger partial charge < -0.3 is 5.32 Å². The summed E-state index contributed by atoms with van der Waals surface area (Å²) in [5, 5.41) is 2.84. The molecule has 4 rings (SSSR count). The molecule has 2 aromatic rings. The number of benzene rings is 1. The number of thiophene rings is 1. The number of ketones is 1. The van der Waals surface area contributed by atoms with Crippen molar-refractivity contribution in [2.75, 3.05) is 6.54 Å². The Labute approximate surface area is 143 Å². The van der Waals surface area contributed by atoms with Gasteiger partial charge in [-0.3, -0.25) is 14.5 Å². The summed E-state index contributed by atoms with van der Waals surface area (Å²) in [5.41, 5.74) is 0.928. The van der Waals surface area contributed by atoms with Crippen LogP contribution in [0, 0.1) is 6.92 Å². The van der Waals surface area contributed by atoms with Gasteiger partial charge >= 0.3 is 6.03 Å². The average Bonchev–Trinajstić information content (AvgIpc) is 3.22. The normalized spacial score (nSPS) is 22.1. The molecule has 1 spiro atoms. The molecule has 2 aliphatic rings. The Hall–Kier alpha value is -2.47. The second-order valence-corrected chi connectivity index (χ2v) is 7.51. The van der Waals surface area contributed by atoms with Crippen LogP contribution in [0.4, 0.5) is 4.79 Å². The van der Waals surface area contributed by atoms with E-state index in [-0.39, 0.29) is 18.2 Å². The Morgan fingerprint density at radius 2 is 2.04 bits per heavy atom. The van der Waals surface area contributed by atoms with E-state index in [0.29, 0.717) is 11.3 Å². The fourth-order valence-electron chi connectivity index (χ4n) is 3.54. The van der Waals surface area contributed by atoms with Gasteiger partial charge in [0.15, 0.2) is 5.78 Å². The highest BCUT2D eigenvalue weighted by molar-refractivity contribution is 7.14. The van der Waals surface area contributed by atoms with Crippen LogP contribution in [0.1, 0.15) is 32.1 Å². The Morgan fingerprint density at radius 3 is 2.79 bits per heavy atom. The van der Waals surface area contributed by atoms with Crippen molar-refractivity contribution in [1.82, 2.24) is 10.2 Å². The molecule has 5 nitrogen and oxygen atoms in total. The minimum atomic E-state index is -1.00. The largest absolute Gasteiger partial charge is 0.325 e. The average molecular weight is 340 g/mol. The number of nitrogens with one attached hydrogen (secondary N) is 1. The summed E-state index contributed by atoms with van der Waals surface area (Å²) in [6, 6.07) is 10.8. The molecule has 1 aliphatic carbocycles. The van der Waals surface area contributed by atoms with E-state index in [0.717, 1.165) is 27.3 Å². The third kappa shape index (κ3) is 2.10. The molecule has 6 heteroatoms. The van der Waals surface area contributed by atoms with Gasteiger partial charge in [0.25, 0.3) is 5.91 Å². The van der Waals surface area contributed by atoms with E-state index in [9.17, 15) is 14.4 Å². The van der Waals surface area contributed by atoms with Gasteiger partial charge in [0.05, 0.1) is 11.4 Å². The van der Waals surface area contributed by atoms with E-state index in [1.54, 1.807) is 6.07 Å². The third-order valence-electron chi connectivity index (χ3n) is 4.74. The summed E-state index contributed by atoms with van der Waals surface area (Å²) in [7, 11) is 0. The van der Waals surface area contributed by atoms with Crippen LogP contribution < -0.4 is 5.32 Å². The SMILES string of the molecule is Cc1ccc(C(=O)CN2C(=O)N[C@]3(CCc4ccccc43)C2=O)s1. The molecule has 0 saturated carbocycles. The van der Waals surface area contributed by atoms with E-state index < -0.39 is 11.6 Å². The summed E-state index contributed by atoms with van der Waals surface area (Å²) in [6.07, 6.45) is 1.29. The van der Waals surface area contributed by atoms with Gasteiger partial charge in [-0.05, 0) is 43.0 Å². The first-order chi connectivity index (χ1) is 11.5. The van der Waals surface area contributed by atoms with Gasteiger partial charge in [-0.2, -0.15) is 0 Å². The van der Waals surface area contributed by atoms with Crippen LogP contribution in [0.5, 0.6) is 0 Å². The lowest BCUT2D eigenvalue weighted by Gasteiger charge is -2.22. The molecule has 24 heavy (non-hydrogen) atoms. The van der Waals surface area contributed by atoms with Gasteiger partial charge in [-0.15, -0.1) is 11.3 Å². The maximum Gasteiger partial charge on any atom is 0.325 e. The zero-order chi connectivity index (χ0) is 16.9. The smallest absolute Gasteiger partial charge is 0.319 e. The number of imide groups is 1. The van der Waals surface area contributed by atoms with Crippen LogP contribution in [0.3, 0.4) is 0 Å². The highest BCUT2D eigenvalue weighted by Gasteiger charge is 2.55. The quantitative estimate of drug-likeness (QED) is 0.690. The zero-order valence-electron chi connectivity index (χ0n) is 13.2. The second kappa shape index (κ2) is 5.27. The van der Waals surface area contributed by atoms with Crippen molar-refractivity contribution in [3.05, 3.63) is 57.3 Å². The van der Waals surface area contributed by atoms with Crippen molar-refractivity contribution in [3.63, 3.8) is 0 Å². The van der Waals surface area contributed by atoms with Crippen LogP contribution in [0.25, 0.3) is 0 Å². The number of hydrogen-bond donors (Lipinski definition) is 1. The van der Waals surface area contributed by atoms with E-state index in [1.165, 1.54) is 11.3 Å². The monoisotopic (exact) mass is 340 g/mol. The summed E-state index contributed by atoms with van der Waals surface area (Å²) < 4.78 is 0. The first-order valence-corrected chi connectivity index (χ1v) is 8.65. The lowest BCUT2D eigenvalue weighted by atomic mass is 9.92. The highest BCUT2D eigenvalue weighted by Crippen LogP contribution is 2.41. The van der Waals surface area contributed by atoms with Gasteiger partial charge in [0.2, 0.25) is 0 Å². The molecule has 1 aromatic heterocycles. The van der Waals surface area contributed by atoms with Crippen molar-refractivity contribution in [3.8, 4) is 0 Å². The molecule has 1 saturated heterocycles. The van der Waals surface area contributed by atoms with E-state index >= 15 is 0 Å². The van der Waals surface area contributed by atoms with Crippen molar-refractivity contribution in [2.24, 2.45) is 0 Å². The second-order valence-electron chi connectivity index (χ2n) is 6.22. The summed E-state index contributed by atoms with van der Waals surface area (Å²) >= 11 is 1.37. The number of urea groups is 1. The minimum absolute atomic E-state index is 0.208. The van der Waals surface area contributed by atoms with Crippen molar-refractivity contribution < 1.29 is 14.4 Å². The number of amides is 3. The van der Waals surface area contributed by atoms with Gasteiger partial charge in [-0.1, -0.05) is 24.3 Å². The molecule has 1 atom stereocenters. The van der Waals surface area contributed by atoms with Crippen LogP contribution in [-0.4, -0.2) is 29.2 Å². The number of rotatable bonds is 3. The standard InChI is InChI=1S/C18H16N2O3S/c1-11-6-7-15(24-11)14(21)10-20-16(22)18(19-17(20)23)9-8-12-4-2-3-5-13(12)18/h2-7H,8-10H2,1H3,(H,19,23)/t18-/m0/s1. The van der Waals surface area contributed by atoms with E-state index in [1.807, 2.05) is 37.3 Å². The van der Waals surface area contributed by atoms with Crippen LogP contribution in [0.2, 0.25) is 0 Å². The highest BCUT2D eigenvalue weighted by atomic mass is 32.1. The molecule has 1 aliphatic heterocycles. The number of carbonyl (C=O) groups excluding carboxylic acids is 3. The van der Waals surface area contributed by atoms with Crippen molar-refractivity contribution >= 4 is 29.1 Å². The number of aryl methyl sites for hydroxylation is 2. The number of nitrogens with zero attached hydrogens (tertiary/aromatic N) is 1. The molecule has 0 bridgehead atoms. The molecule has 0 radical (unpaired) electrons. The molecular formula is C18H16N2O3S. The first-order valence-electron chi connectivity index (χ1n) is 7.83. The number of fused-ring (bicyclic) bond motifs is 2. The zero-order valence-corrected chi connectivity index (χ0v) is 14.0. The fourth-order valence-corrected chi connectivity index (χ4v) is 4.34. The van der Waals surface area contributed by atoms with Gasteiger partial charge in [-0.25, -0.2) is 4.79 Å². The van der Waals surface area contributed by atoms with E-state index in [2.05, 4.69) is 5.32 Å². The summed E-state index contributed by atoms with van der Waals surface area (Å²) in [6.45, 7) is 1.70. The van der Waals surface area contributed by atoms with Crippen LogP contribution in [0.15, 0.2) is 36.4 Å². The Bertz CT molecular complexity index is 873. The number of hydrogen-bond acceptors (Lipinski definition) is 4. The molecule has 0 unspecified atom stereocenters. The van der Waals surface area contributed by atoms with Crippen LogP contribution >= 0.6 is 11.3 Å². The Balaban J connectivity index is 1.62.